The summed E-state index contributed by atoms with van der Waals surface area (Å²) in [5.41, 5.74) is 2.48. The largest absolute Gasteiger partial charge is 0.260 e. The molecule has 0 fully saturated rings. The highest BCUT2D eigenvalue weighted by molar-refractivity contribution is 5.79. The van der Waals surface area contributed by atoms with Gasteiger partial charge >= 0.3 is 0 Å². The molecule has 0 radical (unpaired) electrons. The third-order valence-corrected chi connectivity index (χ3v) is 1.86. The van der Waals surface area contributed by atoms with Crippen molar-refractivity contribution in [1.82, 2.24) is 0 Å². The Balaban J connectivity index is 0.000000336. The van der Waals surface area contributed by atoms with Crippen LogP contribution in [-0.4, -0.2) is 6.21 Å². The standard InChI is InChI=1S/C9H9N.C2H6/c1-7-6-10-9-5-3-2-4-8(7)9;1-2/h2-7H,1H3;1-2H3. The predicted molar refractivity (Wildman–Crippen MR) is 54.4 cm³/mol. The lowest BCUT2D eigenvalue weighted by atomic mass is 10.0. The summed E-state index contributed by atoms with van der Waals surface area (Å²) in [5.74, 6) is 0.510. The van der Waals surface area contributed by atoms with Gasteiger partial charge in [0.1, 0.15) is 0 Å². The molecule has 0 spiro atoms. The Bertz CT molecular complexity index is 276. The Morgan fingerprint density at radius 1 is 1.17 bits per heavy atom. The van der Waals surface area contributed by atoms with Crippen molar-refractivity contribution < 1.29 is 0 Å². The van der Waals surface area contributed by atoms with Gasteiger partial charge in [0, 0.05) is 12.1 Å². The molecule has 1 heteroatoms. The van der Waals surface area contributed by atoms with Crippen LogP contribution in [0, 0.1) is 0 Å². The summed E-state index contributed by atoms with van der Waals surface area (Å²) in [5, 5.41) is 0. The summed E-state index contributed by atoms with van der Waals surface area (Å²) in [6, 6.07) is 8.26. The zero-order valence-corrected chi connectivity index (χ0v) is 7.91. The van der Waals surface area contributed by atoms with E-state index in [0.29, 0.717) is 5.92 Å². The van der Waals surface area contributed by atoms with Crippen molar-refractivity contribution in [1.29, 1.82) is 0 Å². The van der Waals surface area contributed by atoms with Gasteiger partial charge in [-0.25, -0.2) is 0 Å². The summed E-state index contributed by atoms with van der Waals surface area (Å²) in [6.07, 6.45) is 1.99. The van der Waals surface area contributed by atoms with Crippen molar-refractivity contribution in [2.75, 3.05) is 0 Å². The molecular formula is C11H15N. The first-order valence-corrected chi connectivity index (χ1v) is 4.51. The lowest BCUT2D eigenvalue weighted by Crippen LogP contribution is -1.86. The molecule has 1 aliphatic heterocycles. The van der Waals surface area contributed by atoms with Gasteiger partial charge in [-0.05, 0) is 11.6 Å². The van der Waals surface area contributed by atoms with Crippen LogP contribution in [0.2, 0.25) is 0 Å². The molecule has 1 aromatic carbocycles. The van der Waals surface area contributed by atoms with Crippen LogP contribution in [0.3, 0.4) is 0 Å². The number of rotatable bonds is 0. The molecule has 0 saturated heterocycles. The van der Waals surface area contributed by atoms with E-state index >= 15 is 0 Å². The monoisotopic (exact) mass is 161 g/mol. The van der Waals surface area contributed by atoms with Crippen molar-refractivity contribution >= 4 is 11.9 Å². The minimum atomic E-state index is 0.510. The Labute approximate surface area is 74.2 Å². The molecule has 0 N–H and O–H groups in total. The van der Waals surface area contributed by atoms with Gasteiger partial charge in [-0.15, -0.1) is 0 Å². The lowest BCUT2D eigenvalue weighted by Gasteiger charge is -1.99. The third-order valence-electron chi connectivity index (χ3n) is 1.86. The quantitative estimate of drug-likeness (QED) is 0.552. The van der Waals surface area contributed by atoms with Gasteiger partial charge in [-0.3, -0.25) is 4.99 Å². The Morgan fingerprint density at radius 3 is 2.50 bits per heavy atom. The third kappa shape index (κ3) is 1.55. The first-order chi connectivity index (χ1) is 5.88. The summed E-state index contributed by atoms with van der Waals surface area (Å²) >= 11 is 0. The second-order valence-corrected chi connectivity index (χ2v) is 2.63. The van der Waals surface area contributed by atoms with Gasteiger partial charge in [0.2, 0.25) is 0 Å². The summed E-state index contributed by atoms with van der Waals surface area (Å²) in [4.78, 5) is 4.26. The summed E-state index contributed by atoms with van der Waals surface area (Å²) < 4.78 is 0. The van der Waals surface area contributed by atoms with E-state index in [1.165, 1.54) is 5.56 Å². The van der Waals surface area contributed by atoms with Crippen molar-refractivity contribution in [3.05, 3.63) is 29.8 Å². The van der Waals surface area contributed by atoms with Crippen LogP contribution < -0.4 is 0 Å². The molecule has 0 aromatic heterocycles. The molecule has 2 rings (SSSR count). The SMILES string of the molecule is CC.CC1C=Nc2ccccc21. The first kappa shape index (κ1) is 8.98. The van der Waals surface area contributed by atoms with Crippen molar-refractivity contribution in [2.45, 2.75) is 26.7 Å². The highest BCUT2D eigenvalue weighted by atomic mass is 14.8. The van der Waals surface area contributed by atoms with Crippen LogP contribution in [0.4, 0.5) is 5.69 Å². The maximum Gasteiger partial charge on any atom is 0.0664 e. The second kappa shape index (κ2) is 4.05. The maximum atomic E-state index is 4.26. The van der Waals surface area contributed by atoms with E-state index in [-0.39, 0.29) is 0 Å². The highest BCUT2D eigenvalue weighted by Crippen LogP contribution is 2.30. The van der Waals surface area contributed by atoms with Gasteiger partial charge in [0.25, 0.3) is 0 Å². The topological polar surface area (TPSA) is 12.4 Å². The average Bonchev–Trinajstić information content (AvgIpc) is 2.53. The number of para-hydroxylation sites is 1. The summed E-state index contributed by atoms with van der Waals surface area (Å²) in [7, 11) is 0. The van der Waals surface area contributed by atoms with Gasteiger partial charge in [0.15, 0.2) is 0 Å². The van der Waals surface area contributed by atoms with Gasteiger partial charge in [0.05, 0.1) is 5.69 Å². The highest BCUT2D eigenvalue weighted by Gasteiger charge is 2.11. The van der Waals surface area contributed by atoms with Crippen LogP contribution in [0.25, 0.3) is 0 Å². The summed E-state index contributed by atoms with van der Waals surface area (Å²) in [6.45, 7) is 6.16. The molecule has 1 aromatic rings. The van der Waals surface area contributed by atoms with Gasteiger partial charge in [-0.2, -0.15) is 0 Å². The smallest absolute Gasteiger partial charge is 0.0664 e. The number of aliphatic imine (C=N–C) groups is 1. The minimum Gasteiger partial charge on any atom is -0.260 e. The number of benzene rings is 1. The van der Waals surface area contributed by atoms with E-state index in [1.807, 2.05) is 26.1 Å². The fourth-order valence-corrected chi connectivity index (χ4v) is 1.26. The Hall–Kier alpha value is -1.11. The van der Waals surface area contributed by atoms with Crippen LogP contribution >= 0.6 is 0 Å². The van der Waals surface area contributed by atoms with E-state index in [0.717, 1.165) is 5.69 Å². The molecule has 1 atom stereocenters. The fourth-order valence-electron chi connectivity index (χ4n) is 1.26. The molecular weight excluding hydrogens is 146 g/mol. The molecule has 0 aliphatic carbocycles. The zero-order valence-electron chi connectivity index (χ0n) is 7.91. The Morgan fingerprint density at radius 2 is 1.83 bits per heavy atom. The van der Waals surface area contributed by atoms with E-state index in [4.69, 9.17) is 0 Å². The lowest BCUT2D eigenvalue weighted by molar-refractivity contribution is 1.08. The number of nitrogens with zero attached hydrogens (tertiary/aromatic N) is 1. The second-order valence-electron chi connectivity index (χ2n) is 2.63. The van der Waals surface area contributed by atoms with E-state index in [9.17, 15) is 0 Å². The van der Waals surface area contributed by atoms with Crippen LogP contribution in [0.1, 0.15) is 32.3 Å². The molecule has 1 heterocycles. The normalized spacial score (nSPS) is 18.1. The predicted octanol–water partition coefficient (Wildman–Crippen LogP) is 3.53. The van der Waals surface area contributed by atoms with Crippen molar-refractivity contribution in [2.24, 2.45) is 4.99 Å². The number of fused-ring (bicyclic) bond motifs is 1. The van der Waals surface area contributed by atoms with E-state index < -0.39 is 0 Å². The maximum absolute atomic E-state index is 4.26. The molecule has 0 saturated carbocycles. The average molecular weight is 161 g/mol. The fraction of sp³-hybridized carbons (Fsp3) is 0.364. The van der Waals surface area contributed by atoms with Crippen molar-refractivity contribution in [3.8, 4) is 0 Å². The molecule has 0 bridgehead atoms. The first-order valence-electron chi connectivity index (χ1n) is 4.51. The van der Waals surface area contributed by atoms with Gasteiger partial charge < -0.3 is 0 Å². The number of hydrogen-bond acceptors (Lipinski definition) is 1. The molecule has 12 heavy (non-hydrogen) atoms. The minimum absolute atomic E-state index is 0.510. The van der Waals surface area contributed by atoms with Crippen molar-refractivity contribution in [3.63, 3.8) is 0 Å². The molecule has 1 unspecified atom stereocenters. The molecule has 1 nitrogen and oxygen atoms in total. The zero-order chi connectivity index (χ0) is 8.97. The molecule has 64 valence electrons. The van der Waals surface area contributed by atoms with Crippen LogP contribution in [-0.2, 0) is 0 Å². The van der Waals surface area contributed by atoms with E-state index in [2.05, 4.69) is 30.1 Å². The number of hydrogen-bond donors (Lipinski definition) is 0. The molecule has 1 aliphatic rings. The van der Waals surface area contributed by atoms with E-state index in [1.54, 1.807) is 0 Å². The molecule has 0 amide bonds. The Kier molecular flexibility index (Phi) is 3.03. The van der Waals surface area contributed by atoms with Crippen LogP contribution in [0.15, 0.2) is 29.3 Å². The van der Waals surface area contributed by atoms with Gasteiger partial charge in [-0.1, -0.05) is 39.0 Å². The van der Waals surface area contributed by atoms with Crippen LogP contribution in [0.5, 0.6) is 0 Å².